The third-order valence-corrected chi connectivity index (χ3v) is 5.66. The second-order valence-electron chi connectivity index (χ2n) is 6.37. The number of fused-ring (bicyclic) bond motifs is 1. The minimum Gasteiger partial charge on any atom is -0.374 e. The van der Waals surface area contributed by atoms with Gasteiger partial charge >= 0.3 is 0 Å². The lowest BCUT2D eigenvalue weighted by molar-refractivity contribution is 0.00893. The molecule has 4 rings (SSSR count). The van der Waals surface area contributed by atoms with E-state index in [9.17, 15) is 0 Å². The summed E-state index contributed by atoms with van der Waals surface area (Å²) in [4.78, 5) is 9.38. The lowest BCUT2D eigenvalue weighted by Crippen LogP contribution is -2.51. The van der Waals surface area contributed by atoms with Crippen LogP contribution in [0.5, 0.6) is 0 Å². The molecule has 2 aromatic rings. The Labute approximate surface area is 141 Å². The van der Waals surface area contributed by atoms with Crippen LogP contribution in [0.25, 0.3) is 0 Å². The van der Waals surface area contributed by atoms with Crippen LogP contribution in [0, 0.1) is 0 Å². The molecule has 5 heteroatoms. The smallest absolute Gasteiger partial charge is 0.0791 e. The Hall–Kier alpha value is -1.43. The summed E-state index contributed by atoms with van der Waals surface area (Å²) >= 11 is 1.78. The van der Waals surface area contributed by atoms with Gasteiger partial charge in [0.25, 0.3) is 0 Å². The highest BCUT2D eigenvalue weighted by atomic mass is 32.1. The van der Waals surface area contributed by atoms with Crippen molar-refractivity contribution in [3.8, 4) is 0 Å². The van der Waals surface area contributed by atoms with Crippen LogP contribution in [0.1, 0.15) is 18.4 Å². The van der Waals surface area contributed by atoms with E-state index < -0.39 is 0 Å². The molecule has 0 aromatic carbocycles. The van der Waals surface area contributed by atoms with E-state index in [0.29, 0.717) is 12.1 Å². The van der Waals surface area contributed by atoms with Crippen LogP contribution in [0.3, 0.4) is 0 Å². The number of nitrogens with zero attached hydrogens (tertiary/aromatic N) is 3. The van der Waals surface area contributed by atoms with E-state index >= 15 is 0 Å². The summed E-state index contributed by atoms with van der Waals surface area (Å²) in [5.74, 6) is 0. The van der Waals surface area contributed by atoms with E-state index in [0.717, 1.165) is 45.6 Å². The van der Waals surface area contributed by atoms with Crippen LogP contribution >= 0.6 is 11.3 Å². The number of ether oxygens (including phenoxy) is 1. The van der Waals surface area contributed by atoms with Gasteiger partial charge in [-0.05, 0) is 47.4 Å². The number of rotatable bonds is 3. The Kier molecular flexibility index (Phi) is 4.60. The molecule has 2 fully saturated rings. The average molecular weight is 329 g/mol. The largest absolute Gasteiger partial charge is 0.374 e. The Morgan fingerprint density at radius 3 is 3.00 bits per heavy atom. The van der Waals surface area contributed by atoms with E-state index in [2.05, 4.69) is 37.7 Å². The minimum absolute atomic E-state index is 0.344. The molecule has 2 aliphatic rings. The summed E-state index contributed by atoms with van der Waals surface area (Å²) in [6.45, 7) is 5.11. The first-order chi connectivity index (χ1) is 11.4. The van der Waals surface area contributed by atoms with Crippen LogP contribution in [0.15, 0.2) is 41.4 Å². The van der Waals surface area contributed by atoms with Gasteiger partial charge in [0.05, 0.1) is 30.6 Å². The van der Waals surface area contributed by atoms with Gasteiger partial charge in [-0.2, -0.15) is 11.3 Å². The van der Waals surface area contributed by atoms with E-state index in [1.54, 1.807) is 11.3 Å². The maximum Gasteiger partial charge on any atom is 0.0791 e. The third-order valence-electron chi connectivity index (χ3n) is 4.93. The molecule has 0 aliphatic carbocycles. The molecule has 23 heavy (non-hydrogen) atoms. The molecule has 2 aromatic heterocycles. The molecule has 2 aliphatic heterocycles. The minimum atomic E-state index is 0.344. The molecule has 2 atom stereocenters. The second-order valence-corrected chi connectivity index (χ2v) is 7.15. The highest BCUT2D eigenvalue weighted by molar-refractivity contribution is 7.07. The van der Waals surface area contributed by atoms with Crippen molar-refractivity contribution in [2.75, 3.05) is 31.1 Å². The van der Waals surface area contributed by atoms with Crippen molar-refractivity contribution in [2.24, 2.45) is 0 Å². The highest BCUT2D eigenvalue weighted by Crippen LogP contribution is 2.28. The molecule has 0 N–H and O–H groups in total. The molecule has 2 saturated heterocycles. The van der Waals surface area contributed by atoms with Gasteiger partial charge in [0.15, 0.2) is 0 Å². The summed E-state index contributed by atoms with van der Waals surface area (Å²) in [7, 11) is 0. The molecular weight excluding hydrogens is 306 g/mol. The Morgan fingerprint density at radius 2 is 2.17 bits per heavy atom. The predicted molar refractivity (Wildman–Crippen MR) is 93.9 cm³/mol. The zero-order valence-electron chi connectivity index (χ0n) is 13.3. The number of morpholine rings is 1. The molecule has 4 heterocycles. The molecular formula is C18H23N3OS. The monoisotopic (exact) mass is 329 g/mol. The van der Waals surface area contributed by atoms with Crippen molar-refractivity contribution in [1.82, 2.24) is 9.88 Å². The molecule has 0 spiro atoms. The molecule has 0 radical (unpaired) electrons. The van der Waals surface area contributed by atoms with E-state index in [1.165, 1.54) is 11.3 Å². The fourth-order valence-corrected chi connectivity index (χ4v) is 4.44. The predicted octanol–water partition coefficient (Wildman–Crippen LogP) is 3.01. The number of pyridine rings is 1. The van der Waals surface area contributed by atoms with Gasteiger partial charge in [-0.3, -0.25) is 9.88 Å². The van der Waals surface area contributed by atoms with Crippen molar-refractivity contribution < 1.29 is 4.74 Å². The van der Waals surface area contributed by atoms with Gasteiger partial charge in [0, 0.05) is 32.4 Å². The zero-order valence-corrected chi connectivity index (χ0v) is 14.1. The number of hydrogen-bond donors (Lipinski definition) is 0. The first-order valence-corrected chi connectivity index (χ1v) is 9.36. The summed E-state index contributed by atoms with van der Waals surface area (Å²) in [5.41, 5.74) is 2.67. The number of hydrogen-bond acceptors (Lipinski definition) is 5. The van der Waals surface area contributed by atoms with Crippen LogP contribution < -0.4 is 4.90 Å². The summed E-state index contributed by atoms with van der Waals surface area (Å²) in [6.07, 6.45) is 6.44. The van der Waals surface area contributed by atoms with Gasteiger partial charge < -0.3 is 9.64 Å². The van der Waals surface area contributed by atoms with Crippen molar-refractivity contribution in [3.05, 3.63) is 46.9 Å². The molecule has 0 bridgehead atoms. The van der Waals surface area contributed by atoms with Crippen LogP contribution in [-0.2, 0) is 11.3 Å². The van der Waals surface area contributed by atoms with Gasteiger partial charge in [-0.25, -0.2) is 0 Å². The lowest BCUT2D eigenvalue weighted by atomic mass is 10.0. The van der Waals surface area contributed by atoms with Crippen LogP contribution in [0.4, 0.5) is 5.69 Å². The molecule has 0 amide bonds. The first kappa shape index (κ1) is 15.1. The van der Waals surface area contributed by atoms with E-state index in [-0.39, 0.29) is 0 Å². The standard InChI is InChI=1S/C18H23N3OS/c1-2-16(12-19-6-1)21-9-10-22-18-4-8-20(7-3-17(18)21)13-15-5-11-23-14-15/h1-2,5-6,11-12,14,17-18H,3-4,7-10,13H2/t17-,18-/m0/s1. The number of likely N-dealkylation sites (tertiary alicyclic amines) is 1. The van der Waals surface area contributed by atoms with E-state index in [1.807, 2.05) is 18.5 Å². The molecule has 0 unspecified atom stereocenters. The van der Waals surface area contributed by atoms with Crippen LogP contribution in [-0.4, -0.2) is 48.3 Å². The summed E-state index contributed by atoms with van der Waals surface area (Å²) in [6, 6.07) is 6.91. The van der Waals surface area contributed by atoms with Gasteiger partial charge in [0.1, 0.15) is 0 Å². The topological polar surface area (TPSA) is 28.6 Å². The molecule has 122 valence electrons. The fraction of sp³-hybridized carbons (Fsp3) is 0.500. The fourth-order valence-electron chi connectivity index (χ4n) is 3.78. The Bertz CT molecular complexity index is 604. The Balaban J connectivity index is 1.47. The summed E-state index contributed by atoms with van der Waals surface area (Å²) < 4.78 is 6.11. The quantitative estimate of drug-likeness (QED) is 0.865. The maximum atomic E-state index is 6.11. The van der Waals surface area contributed by atoms with Crippen LogP contribution in [0.2, 0.25) is 0 Å². The summed E-state index contributed by atoms with van der Waals surface area (Å²) in [5, 5.41) is 4.43. The SMILES string of the molecule is c1cncc(N2CCO[C@H]3CCN(Cc4ccsc4)CC[C@@H]32)c1. The first-order valence-electron chi connectivity index (χ1n) is 8.42. The Morgan fingerprint density at radius 1 is 1.22 bits per heavy atom. The van der Waals surface area contributed by atoms with Crippen molar-refractivity contribution >= 4 is 17.0 Å². The number of thiophene rings is 1. The second kappa shape index (κ2) is 6.99. The molecule has 4 nitrogen and oxygen atoms in total. The number of aromatic nitrogens is 1. The third kappa shape index (κ3) is 3.42. The highest BCUT2D eigenvalue weighted by Gasteiger charge is 2.34. The maximum absolute atomic E-state index is 6.11. The van der Waals surface area contributed by atoms with Crippen molar-refractivity contribution in [3.63, 3.8) is 0 Å². The van der Waals surface area contributed by atoms with Crippen molar-refractivity contribution in [1.29, 1.82) is 0 Å². The van der Waals surface area contributed by atoms with Crippen molar-refractivity contribution in [2.45, 2.75) is 31.5 Å². The van der Waals surface area contributed by atoms with Gasteiger partial charge in [-0.15, -0.1) is 0 Å². The normalized spacial score (nSPS) is 25.8. The lowest BCUT2D eigenvalue weighted by Gasteiger charge is -2.41. The van der Waals surface area contributed by atoms with E-state index in [4.69, 9.17) is 4.74 Å². The van der Waals surface area contributed by atoms with Gasteiger partial charge in [-0.1, -0.05) is 0 Å². The average Bonchev–Trinajstić information content (AvgIpc) is 3.02. The molecule has 0 saturated carbocycles. The van der Waals surface area contributed by atoms with Gasteiger partial charge in [0.2, 0.25) is 0 Å². The number of anilines is 1. The zero-order chi connectivity index (χ0) is 15.5.